The van der Waals surface area contributed by atoms with E-state index in [0.29, 0.717) is 11.3 Å². The number of hydrogen-bond acceptors (Lipinski definition) is 5. The van der Waals surface area contributed by atoms with Gasteiger partial charge in [0, 0.05) is 35.1 Å². The number of H-pyrrole nitrogens is 1. The highest BCUT2D eigenvalue weighted by atomic mass is 16.4. The minimum absolute atomic E-state index is 0.0304. The molecule has 3 heterocycles. The Morgan fingerprint density at radius 1 is 0.974 bits per heavy atom. The van der Waals surface area contributed by atoms with Gasteiger partial charge >= 0.3 is 5.97 Å². The standard InChI is InChI=1S/C30H27N3O5/c1-16-11-17(2)13-19(12-16)33-27(35)24-25(28(33)36)30(29(37)38,32-26(24)21-8-4-6-10-23(21)34)14-18-15-31-22-9-5-3-7-20(18)22/h3-13,15,24-26,31-32,34H,14H2,1-2H3,(H,37,38)/t24-,25-,26-,30-/m0/s1. The number of amides is 2. The Bertz CT molecular complexity index is 1600. The Morgan fingerprint density at radius 2 is 1.66 bits per heavy atom. The number of aryl methyl sites for hydroxylation is 2. The van der Waals surface area contributed by atoms with E-state index in [9.17, 15) is 24.6 Å². The maximum atomic E-state index is 14.1. The van der Waals surface area contributed by atoms with Crippen molar-refractivity contribution >= 4 is 34.4 Å². The number of nitrogens with zero attached hydrogens (tertiary/aromatic N) is 1. The number of aromatic nitrogens is 1. The average Bonchev–Trinajstić information content (AvgIpc) is 3.51. The van der Waals surface area contributed by atoms with Crippen molar-refractivity contribution in [2.75, 3.05) is 4.90 Å². The number of aromatic amines is 1. The summed E-state index contributed by atoms with van der Waals surface area (Å²) < 4.78 is 0. The molecule has 0 radical (unpaired) electrons. The molecule has 4 atom stereocenters. The number of carboxylic acids is 1. The Kier molecular flexibility index (Phi) is 5.39. The molecule has 3 aromatic carbocycles. The van der Waals surface area contributed by atoms with Crippen molar-refractivity contribution in [2.24, 2.45) is 11.8 Å². The van der Waals surface area contributed by atoms with Crippen LogP contribution in [0.1, 0.15) is 28.3 Å². The highest BCUT2D eigenvalue weighted by molar-refractivity contribution is 6.24. The van der Waals surface area contributed by atoms with E-state index in [2.05, 4.69) is 10.3 Å². The normalized spacial score (nSPS) is 24.8. The van der Waals surface area contributed by atoms with E-state index in [-0.39, 0.29) is 12.2 Å². The summed E-state index contributed by atoms with van der Waals surface area (Å²) in [5.41, 5.74) is 2.36. The quantitative estimate of drug-likeness (QED) is 0.302. The van der Waals surface area contributed by atoms with Gasteiger partial charge in [-0.05, 0) is 54.8 Å². The molecule has 2 aliphatic rings. The molecule has 8 heteroatoms. The molecule has 2 fully saturated rings. The fourth-order valence-corrected chi connectivity index (χ4v) is 6.37. The third kappa shape index (κ3) is 3.44. The summed E-state index contributed by atoms with van der Waals surface area (Å²) in [7, 11) is 0. The SMILES string of the molecule is Cc1cc(C)cc(N2C(=O)[C@H]3[C@@H](C2=O)[C@@](Cc2c[nH]c4ccccc24)(C(=O)O)N[C@H]3c2ccccc2O)c1. The predicted molar refractivity (Wildman–Crippen MR) is 142 cm³/mol. The first kappa shape index (κ1) is 23.9. The molecular weight excluding hydrogens is 482 g/mol. The minimum atomic E-state index is -1.79. The van der Waals surface area contributed by atoms with Gasteiger partial charge in [0.05, 0.1) is 17.5 Å². The van der Waals surface area contributed by atoms with Crippen LogP contribution < -0.4 is 10.2 Å². The fourth-order valence-electron chi connectivity index (χ4n) is 6.37. The molecule has 2 saturated heterocycles. The summed E-state index contributed by atoms with van der Waals surface area (Å²) >= 11 is 0. The summed E-state index contributed by atoms with van der Waals surface area (Å²) in [4.78, 5) is 45.6. The van der Waals surface area contributed by atoms with Gasteiger partial charge in [-0.3, -0.25) is 19.7 Å². The van der Waals surface area contributed by atoms with Gasteiger partial charge in [0.25, 0.3) is 0 Å². The molecule has 8 nitrogen and oxygen atoms in total. The van der Waals surface area contributed by atoms with Crippen LogP contribution in [-0.2, 0) is 20.8 Å². The fraction of sp³-hybridized carbons (Fsp3) is 0.233. The number of hydrogen-bond donors (Lipinski definition) is 4. The van der Waals surface area contributed by atoms with Crippen molar-refractivity contribution in [1.82, 2.24) is 10.3 Å². The molecule has 4 N–H and O–H groups in total. The van der Waals surface area contributed by atoms with Crippen molar-refractivity contribution in [1.29, 1.82) is 0 Å². The predicted octanol–water partition coefficient (Wildman–Crippen LogP) is 4.01. The lowest BCUT2D eigenvalue weighted by atomic mass is 9.76. The summed E-state index contributed by atoms with van der Waals surface area (Å²) in [5, 5.41) is 25.5. The molecule has 6 rings (SSSR count). The summed E-state index contributed by atoms with van der Waals surface area (Å²) in [6, 6.07) is 18.7. The van der Waals surface area contributed by atoms with Crippen LogP contribution in [-0.4, -0.2) is 38.5 Å². The summed E-state index contributed by atoms with van der Waals surface area (Å²) in [6.45, 7) is 3.76. The molecule has 2 amide bonds. The van der Waals surface area contributed by atoms with Gasteiger partial charge in [-0.15, -0.1) is 0 Å². The van der Waals surface area contributed by atoms with Crippen molar-refractivity contribution in [3.8, 4) is 5.75 Å². The Balaban J connectivity index is 1.53. The van der Waals surface area contributed by atoms with Crippen LogP contribution in [0.15, 0.2) is 72.9 Å². The van der Waals surface area contributed by atoms with Crippen molar-refractivity contribution in [3.05, 3.63) is 95.2 Å². The van der Waals surface area contributed by atoms with E-state index in [1.807, 2.05) is 44.2 Å². The number of carbonyl (C=O) groups is 3. The van der Waals surface area contributed by atoms with Gasteiger partial charge in [0.2, 0.25) is 11.8 Å². The molecule has 0 bridgehead atoms. The lowest BCUT2D eigenvalue weighted by molar-refractivity contribution is -0.148. The van der Waals surface area contributed by atoms with Gasteiger partial charge in [0.1, 0.15) is 11.3 Å². The molecule has 0 saturated carbocycles. The molecule has 0 spiro atoms. The topological polar surface area (TPSA) is 123 Å². The van der Waals surface area contributed by atoms with E-state index >= 15 is 0 Å². The van der Waals surface area contributed by atoms with E-state index in [1.54, 1.807) is 36.5 Å². The number of para-hydroxylation sites is 2. The lowest BCUT2D eigenvalue weighted by Crippen LogP contribution is -2.57. The molecule has 38 heavy (non-hydrogen) atoms. The van der Waals surface area contributed by atoms with E-state index < -0.39 is 41.2 Å². The molecule has 192 valence electrons. The first-order chi connectivity index (χ1) is 18.2. The zero-order chi connectivity index (χ0) is 26.8. The third-order valence-electron chi connectivity index (χ3n) is 7.92. The minimum Gasteiger partial charge on any atom is -0.508 e. The van der Waals surface area contributed by atoms with Crippen LogP contribution in [0.4, 0.5) is 5.69 Å². The first-order valence-electron chi connectivity index (χ1n) is 12.5. The second kappa shape index (κ2) is 8.56. The van der Waals surface area contributed by atoms with Crippen LogP contribution in [0.3, 0.4) is 0 Å². The zero-order valence-corrected chi connectivity index (χ0v) is 20.9. The van der Waals surface area contributed by atoms with Crippen molar-refractivity contribution in [2.45, 2.75) is 31.8 Å². The van der Waals surface area contributed by atoms with Gasteiger partial charge in [-0.25, -0.2) is 4.90 Å². The number of aliphatic carboxylic acids is 1. The van der Waals surface area contributed by atoms with Crippen molar-refractivity contribution < 1.29 is 24.6 Å². The number of carboxylic acid groups (broad SMARTS) is 1. The Hall–Kier alpha value is -4.43. The molecule has 0 unspecified atom stereocenters. The number of imide groups is 1. The number of phenols is 1. The average molecular weight is 510 g/mol. The maximum Gasteiger partial charge on any atom is 0.325 e. The van der Waals surface area contributed by atoms with Crippen molar-refractivity contribution in [3.63, 3.8) is 0 Å². The third-order valence-corrected chi connectivity index (χ3v) is 7.92. The van der Waals surface area contributed by atoms with E-state index in [0.717, 1.165) is 32.5 Å². The Morgan fingerprint density at radius 3 is 2.37 bits per heavy atom. The number of fused-ring (bicyclic) bond motifs is 2. The second-order valence-electron chi connectivity index (χ2n) is 10.4. The van der Waals surface area contributed by atoms with E-state index in [1.165, 1.54) is 6.07 Å². The molecule has 1 aromatic heterocycles. The largest absolute Gasteiger partial charge is 0.508 e. The monoisotopic (exact) mass is 509 g/mol. The number of phenolic OH excluding ortho intramolecular Hbond substituents is 1. The highest BCUT2D eigenvalue weighted by Crippen LogP contribution is 2.52. The Labute approximate surface area is 218 Å². The van der Waals surface area contributed by atoms with Gasteiger partial charge in [-0.1, -0.05) is 42.5 Å². The van der Waals surface area contributed by atoms with Crippen LogP contribution in [0.2, 0.25) is 0 Å². The van der Waals surface area contributed by atoms with Crippen LogP contribution in [0, 0.1) is 25.7 Å². The van der Waals surface area contributed by atoms with E-state index in [4.69, 9.17) is 0 Å². The maximum absolute atomic E-state index is 14.1. The number of anilines is 1. The molecular formula is C30H27N3O5. The van der Waals surface area contributed by atoms with Gasteiger partial charge in [0.15, 0.2) is 0 Å². The number of benzene rings is 3. The number of nitrogens with one attached hydrogen (secondary N) is 2. The molecule has 2 aliphatic heterocycles. The summed E-state index contributed by atoms with van der Waals surface area (Å²) in [6.07, 6.45) is 1.72. The summed E-state index contributed by atoms with van der Waals surface area (Å²) in [5.74, 6) is -4.53. The van der Waals surface area contributed by atoms with Crippen LogP contribution in [0.25, 0.3) is 10.9 Å². The zero-order valence-electron chi connectivity index (χ0n) is 20.9. The number of carbonyl (C=O) groups excluding carboxylic acids is 2. The van der Waals surface area contributed by atoms with Crippen LogP contribution in [0.5, 0.6) is 5.75 Å². The molecule has 0 aliphatic carbocycles. The van der Waals surface area contributed by atoms with Crippen LogP contribution >= 0.6 is 0 Å². The second-order valence-corrected chi connectivity index (χ2v) is 10.4. The highest BCUT2D eigenvalue weighted by Gasteiger charge is 2.69. The van der Waals surface area contributed by atoms with Gasteiger partial charge < -0.3 is 15.2 Å². The lowest BCUT2D eigenvalue weighted by Gasteiger charge is -2.31. The first-order valence-corrected chi connectivity index (χ1v) is 12.5. The number of aromatic hydroxyl groups is 1. The number of rotatable bonds is 5. The smallest absolute Gasteiger partial charge is 0.325 e. The van der Waals surface area contributed by atoms with Gasteiger partial charge in [-0.2, -0.15) is 0 Å². The molecule has 4 aromatic rings.